The second-order valence-corrected chi connectivity index (χ2v) is 6.07. The number of fused-ring (bicyclic) bond motifs is 2. The molecule has 0 aliphatic carbocycles. The van der Waals surface area contributed by atoms with Gasteiger partial charge in [-0.05, 0) is 30.2 Å². The summed E-state index contributed by atoms with van der Waals surface area (Å²) in [7, 11) is 0. The number of pyridine rings is 1. The van der Waals surface area contributed by atoms with Crippen LogP contribution in [-0.4, -0.2) is 34.3 Å². The molecule has 2 amide bonds. The number of anilines is 1. The minimum absolute atomic E-state index is 0.193. The highest BCUT2D eigenvalue weighted by Gasteiger charge is 2.29. The van der Waals surface area contributed by atoms with Crippen molar-refractivity contribution in [2.24, 2.45) is 0 Å². The third kappa shape index (κ3) is 2.56. The molecular weight excluding hydrogens is 328 g/mol. The Hall–Kier alpha value is -3.41. The van der Waals surface area contributed by atoms with Crippen LogP contribution in [0.1, 0.15) is 26.7 Å². The van der Waals surface area contributed by atoms with Gasteiger partial charge in [0.2, 0.25) is 5.82 Å². The monoisotopic (exact) mass is 346 g/mol. The lowest BCUT2D eigenvalue weighted by Gasteiger charge is -2.16. The van der Waals surface area contributed by atoms with Crippen LogP contribution in [0, 0.1) is 0 Å². The normalized spacial score (nSPS) is 12.8. The van der Waals surface area contributed by atoms with Crippen LogP contribution in [-0.2, 0) is 6.42 Å². The molecule has 1 aliphatic heterocycles. The quantitative estimate of drug-likeness (QED) is 0.738. The number of carbonyl (C=O) groups excluding carboxylic acids is 2. The van der Waals surface area contributed by atoms with Gasteiger partial charge in [-0.3, -0.25) is 14.0 Å². The molecule has 6 heteroatoms. The van der Waals surface area contributed by atoms with Crippen molar-refractivity contribution in [1.82, 2.24) is 14.7 Å². The number of amides is 2. The minimum Gasteiger partial charge on any atom is -0.346 e. The largest absolute Gasteiger partial charge is 0.346 e. The molecule has 0 unspecified atom stereocenters. The summed E-state index contributed by atoms with van der Waals surface area (Å²) in [6.07, 6.45) is 4.15. The molecule has 2 aromatic heterocycles. The van der Waals surface area contributed by atoms with Crippen LogP contribution in [0.2, 0.25) is 0 Å². The Morgan fingerprint density at radius 3 is 2.85 bits per heavy atom. The van der Waals surface area contributed by atoms with E-state index < -0.39 is 0 Å². The number of benzene rings is 1. The fourth-order valence-electron chi connectivity index (χ4n) is 3.28. The van der Waals surface area contributed by atoms with Gasteiger partial charge in [0, 0.05) is 25.0 Å². The number of aromatic nitrogens is 2. The molecule has 3 aromatic rings. The van der Waals surface area contributed by atoms with Gasteiger partial charge >= 0.3 is 0 Å². The first-order chi connectivity index (χ1) is 12.7. The van der Waals surface area contributed by atoms with Crippen molar-refractivity contribution in [3.05, 3.63) is 78.4 Å². The van der Waals surface area contributed by atoms with E-state index in [0.29, 0.717) is 18.6 Å². The number of hydrogen-bond donors (Lipinski definition) is 1. The number of rotatable bonds is 4. The first-order valence-electron chi connectivity index (χ1n) is 8.46. The van der Waals surface area contributed by atoms with Crippen LogP contribution < -0.4 is 10.2 Å². The van der Waals surface area contributed by atoms with Crippen molar-refractivity contribution >= 4 is 23.0 Å². The molecule has 0 spiro atoms. The van der Waals surface area contributed by atoms with Gasteiger partial charge in [-0.15, -0.1) is 6.58 Å². The highest BCUT2D eigenvalue weighted by Crippen LogP contribution is 2.29. The standard InChI is InChI=1S/C20H18N4O2/c1-2-11-21-19(25)18-22-17(16-9-5-6-12-23(16)18)20(26)24-13-10-14-7-3-4-8-15(14)24/h2-9,12H,1,10-11,13H2,(H,21,25). The lowest BCUT2D eigenvalue weighted by atomic mass is 10.2. The molecule has 4 rings (SSSR count). The van der Waals surface area contributed by atoms with Gasteiger partial charge in [0.05, 0.1) is 5.52 Å². The van der Waals surface area contributed by atoms with Gasteiger partial charge in [0.1, 0.15) is 0 Å². The number of imidazole rings is 1. The van der Waals surface area contributed by atoms with E-state index in [0.717, 1.165) is 17.7 Å². The molecule has 0 fully saturated rings. The summed E-state index contributed by atoms with van der Waals surface area (Å²) in [5.41, 5.74) is 2.96. The second-order valence-electron chi connectivity index (χ2n) is 6.07. The van der Waals surface area contributed by atoms with E-state index in [1.165, 1.54) is 0 Å². The van der Waals surface area contributed by atoms with E-state index in [1.54, 1.807) is 33.7 Å². The lowest BCUT2D eigenvalue weighted by molar-refractivity contribution is 0.0947. The van der Waals surface area contributed by atoms with Crippen molar-refractivity contribution in [3.8, 4) is 0 Å². The number of nitrogens with one attached hydrogen (secondary N) is 1. The Bertz CT molecular complexity index is 1020. The average Bonchev–Trinajstić information content (AvgIpc) is 3.27. The van der Waals surface area contributed by atoms with E-state index in [1.807, 2.05) is 30.3 Å². The molecular formula is C20H18N4O2. The molecule has 3 heterocycles. The topological polar surface area (TPSA) is 66.7 Å². The fraction of sp³-hybridized carbons (Fsp3) is 0.150. The van der Waals surface area contributed by atoms with Crippen molar-refractivity contribution in [3.63, 3.8) is 0 Å². The Morgan fingerprint density at radius 2 is 2.00 bits per heavy atom. The smallest absolute Gasteiger partial charge is 0.287 e. The van der Waals surface area contributed by atoms with Gasteiger partial charge in [-0.25, -0.2) is 4.98 Å². The third-order valence-corrected chi connectivity index (χ3v) is 4.49. The van der Waals surface area contributed by atoms with Gasteiger partial charge < -0.3 is 10.2 Å². The van der Waals surface area contributed by atoms with Crippen LogP contribution in [0.25, 0.3) is 5.52 Å². The van der Waals surface area contributed by atoms with E-state index in [4.69, 9.17) is 0 Å². The molecule has 26 heavy (non-hydrogen) atoms. The van der Waals surface area contributed by atoms with Crippen molar-refractivity contribution in [1.29, 1.82) is 0 Å². The highest BCUT2D eigenvalue weighted by molar-refractivity contribution is 6.11. The summed E-state index contributed by atoms with van der Waals surface area (Å²) < 4.78 is 1.65. The number of para-hydroxylation sites is 1. The molecule has 0 saturated heterocycles. The molecule has 0 radical (unpaired) electrons. The van der Waals surface area contributed by atoms with E-state index in [-0.39, 0.29) is 23.3 Å². The van der Waals surface area contributed by atoms with E-state index in [2.05, 4.69) is 16.9 Å². The van der Waals surface area contributed by atoms with Crippen LogP contribution in [0.5, 0.6) is 0 Å². The van der Waals surface area contributed by atoms with Crippen LogP contribution in [0.4, 0.5) is 5.69 Å². The van der Waals surface area contributed by atoms with Crippen LogP contribution >= 0.6 is 0 Å². The molecule has 1 aliphatic rings. The van der Waals surface area contributed by atoms with Crippen LogP contribution in [0.15, 0.2) is 61.3 Å². The Morgan fingerprint density at radius 1 is 1.19 bits per heavy atom. The third-order valence-electron chi connectivity index (χ3n) is 4.49. The Balaban J connectivity index is 1.76. The van der Waals surface area contributed by atoms with Crippen LogP contribution in [0.3, 0.4) is 0 Å². The zero-order valence-electron chi connectivity index (χ0n) is 14.2. The summed E-state index contributed by atoms with van der Waals surface area (Å²) in [6.45, 7) is 4.54. The van der Waals surface area contributed by atoms with E-state index in [9.17, 15) is 9.59 Å². The molecule has 0 bridgehead atoms. The SMILES string of the molecule is C=CCNC(=O)c1nc(C(=O)N2CCc3ccccc32)c2ccccn12. The van der Waals surface area contributed by atoms with Gasteiger partial charge in [-0.1, -0.05) is 30.3 Å². The van der Waals surface area contributed by atoms with Crippen molar-refractivity contribution in [2.75, 3.05) is 18.0 Å². The zero-order chi connectivity index (χ0) is 18.1. The number of carbonyl (C=O) groups is 2. The predicted molar refractivity (Wildman–Crippen MR) is 99.5 cm³/mol. The summed E-state index contributed by atoms with van der Waals surface area (Å²) in [4.78, 5) is 31.7. The lowest BCUT2D eigenvalue weighted by Crippen LogP contribution is -2.29. The maximum Gasteiger partial charge on any atom is 0.287 e. The summed E-state index contributed by atoms with van der Waals surface area (Å²) in [5.74, 6) is -0.341. The predicted octanol–water partition coefficient (Wildman–Crippen LogP) is 2.45. The summed E-state index contributed by atoms with van der Waals surface area (Å²) in [6, 6.07) is 13.3. The Kier molecular flexibility index (Phi) is 4.01. The Labute approximate surface area is 150 Å². The van der Waals surface area contributed by atoms with Crippen molar-refractivity contribution < 1.29 is 9.59 Å². The second kappa shape index (κ2) is 6.48. The summed E-state index contributed by atoms with van der Waals surface area (Å²) >= 11 is 0. The number of hydrogen-bond acceptors (Lipinski definition) is 3. The first kappa shape index (κ1) is 16.1. The minimum atomic E-state index is -0.341. The summed E-state index contributed by atoms with van der Waals surface area (Å²) in [5, 5.41) is 2.71. The molecule has 0 saturated carbocycles. The van der Waals surface area contributed by atoms with E-state index >= 15 is 0 Å². The molecule has 6 nitrogen and oxygen atoms in total. The fourth-order valence-corrected chi connectivity index (χ4v) is 3.28. The highest BCUT2D eigenvalue weighted by atomic mass is 16.2. The zero-order valence-corrected chi connectivity index (χ0v) is 14.2. The maximum atomic E-state index is 13.2. The number of nitrogens with zero attached hydrogens (tertiary/aromatic N) is 3. The van der Waals surface area contributed by atoms with Gasteiger partial charge in [0.25, 0.3) is 11.8 Å². The average molecular weight is 346 g/mol. The molecule has 130 valence electrons. The molecule has 1 aromatic carbocycles. The first-order valence-corrected chi connectivity index (χ1v) is 8.46. The maximum absolute atomic E-state index is 13.2. The van der Waals surface area contributed by atoms with Crippen molar-refractivity contribution in [2.45, 2.75) is 6.42 Å². The molecule has 1 N–H and O–H groups in total. The van der Waals surface area contributed by atoms with Gasteiger partial charge in [-0.2, -0.15) is 0 Å². The molecule has 0 atom stereocenters. The van der Waals surface area contributed by atoms with Gasteiger partial charge in [0.15, 0.2) is 5.69 Å².